The molecule has 13 aromatic carbocycles. The monoisotopic (exact) mass is 1060 g/mol. The second-order valence-electron chi connectivity index (χ2n) is 20.9. The van der Waals surface area contributed by atoms with Gasteiger partial charge in [-0.3, -0.25) is 0 Å². The Bertz CT molecular complexity index is 4370. The van der Waals surface area contributed by atoms with E-state index >= 15 is 0 Å². The third kappa shape index (κ3) is 8.98. The molecule has 0 aliphatic rings. The van der Waals surface area contributed by atoms with E-state index in [9.17, 15) is 0 Å². The van der Waals surface area contributed by atoms with Crippen LogP contribution in [0.15, 0.2) is 322 Å². The molecule has 0 bridgehead atoms. The van der Waals surface area contributed by atoms with Crippen LogP contribution < -0.4 is 9.80 Å². The van der Waals surface area contributed by atoms with Crippen LogP contribution in [0.2, 0.25) is 0 Å². The molecule has 0 unspecified atom stereocenters. The Labute approximate surface area is 481 Å². The minimum absolute atomic E-state index is 1.03. The number of para-hydroxylation sites is 1. The molecule has 82 heavy (non-hydrogen) atoms. The first kappa shape index (κ1) is 48.6. The Kier molecular flexibility index (Phi) is 12.4. The van der Waals surface area contributed by atoms with E-state index in [0.717, 1.165) is 73.2 Å². The zero-order valence-electron chi connectivity index (χ0n) is 44.8. The first-order valence-electron chi connectivity index (χ1n) is 28.0. The summed E-state index contributed by atoms with van der Waals surface area (Å²) in [6, 6.07) is 117. The van der Waals surface area contributed by atoms with Crippen molar-refractivity contribution >= 4 is 87.4 Å². The second kappa shape index (κ2) is 20.9. The van der Waals surface area contributed by atoms with Gasteiger partial charge >= 0.3 is 0 Å². The van der Waals surface area contributed by atoms with E-state index in [0.29, 0.717) is 0 Å². The van der Waals surface area contributed by atoms with E-state index in [4.69, 9.17) is 0 Å². The normalized spacial score (nSPS) is 11.4. The van der Waals surface area contributed by atoms with Crippen molar-refractivity contribution in [3.63, 3.8) is 0 Å². The highest BCUT2D eigenvalue weighted by Gasteiger charge is 2.23. The smallest absolute Gasteiger partial charge is 0.0555 e. The molecule has 0 N–H and O–H groups in total. The van der Waals surface area contributed by atoms with Crippen molar-refractivity contribution in [3.8, 4) is 61.3 Å². The molecule has 2 aromatic heterocycles. The van der Waals surface area contributed by atoms with Crippen molar-refractivity contribution in [1.82, 2.24) is 4.57 Å². The van der Waals surface area contributed by atoms with Crippen LogP contribution in [0, 0.1) is 0 Å². The van der Waals surface area contributed by atoms with Gasteiger partial charge in [0.25, 0.3) is 0 Å². The fourth-order valence-corrected chi connectivity index (χ4v) is 13.2. The third-order valence-electron chi connectivity index (χ3n) is 16.0. The Morgan fingerprint density at radius 1 is 0.232 bits per heavy atom. The molecule has 15 aromatic rings. The van der Waals surface area contributed by atoms with Crippen LogP contribution in [0.4, 0.5) is 34.1 Å². The molecule has 0 aliphatic carbocycles. The lowest BCUT2D eigenvalue weighted by Crippen LogP contribution is -2.13. The highest BCUT2D eigenvalue weighted by atomic mass is 32.1. The predicted molar refractivity (Wildman–Crippen MR) is 350 cm³/mol. The molecule has 0 aliphatic heterocycles. The van der Waals surface area contributed by atoms with Crippen molar-refractivity contribution in [3.05, 3.63) is 322 Å². The van der Waals surface area contributed by atoms with E-state index in [1.54, 1.807) is 0 Å². The van der Waals surface area contributed by atoms with Crippen molar-refractivity contribution < 1.29 is 0 Å². The summed E-state index contributed by atoms with van der Waals surface area (Å²) < 4.78 is 5.04. The molecule has 0 spiro atoms. The van der Waals surface area contributed by atoms with E-state index < -0.39 is 0 Å². The summed E-state index contributed by atoms with van der Waals surface area (Å²) in [5.41, 5.74) is 21.4. The Balaban J connectivity index is 0.982. The number of anilines is 6. The van der Waals surface area contributed by atoms with Crippen molar-refractivity contribution in [2.24, 2.45) is 0 Å². The standard InChI is InChI=1S/C78H53N3S/c1-6-18-54(19-7-1)58-30-39-65(40-31-58)79(66-41-32-59(33-42-66)55-20-8-2-9-21-55)69-50-63(62-38-48-74-73(52-62)77-75(81(74)64-26-14-5-15-27-64)49-47-72-71-28-16-17-29-76(71)82-78(72)77)51-70(53-69)80(67-43-34-60(35-44-67)56-22-10-3-11-23-56)68-45-36-61(37-46-68)57-24-12-4-13-25-57/h1-53H. The maximum Gasteiger partial charge on any atom is 0.0555 e. The molecule has 3 nitrogen and oxygen atoms in total. The molecular weight excluding hydrogens is 1010 g/mol. The van der Waals surface area contributed by atoms with Gasteiger partial charge in [0, 0.05) is 70.8 Å². The Hall–Kier alpha value is -10.5. The zero-order valence-corrected chi connectivity index (χ0v) is 45.7. The van der Waals surface area contributed by atoms with Gasteiger partial charge in [-0.1, -0.05) is 218 Å². The number of hydrogen-bond donors (Lipinski definition) is 0. The summed E-state index contributed by atoms with van der Waals surface area (Å²) in [6.45, 7) is 0. The first-order valence-corrected chi connectivity index (χ1v) is 28.8. The lowest BCUT2D eigenvalue weighted by atomic mass is 9.98. The summed E-state index contributed by atoms with van der Waals surface area (Å²) in [6.07, 6.45) is 0. The predicted octanol–water partition coefficient (Wildman–Crippen LogP) is 22.4. The van der Waals surface area contributed by atoms with E-state index in [-0.39, 0.29) is 0 Å². The summed E-state index contributed by atoms with van der Waals surface area (Å²) in [5.74, 6) is 0. The van der Waals surface area contributed by atoms with Crippen LogP contribution in [0.25, 0.3) is 103 Å². The number of rotatable bonds is 12. The highest BCUT2D eigenvalue weighted by Crippen LogP contribution is 2.48. The van der Waals surface area contributed by atoms with Crippen LogP contribution in [-0.2, 0) is 0 Å². The fraction of sp³-hybridized carbons (Fsp3) is 0. The van der Waals surface area contributed by atoms with Crippen LogP contribution in [0.5, 0.6) is 0 Å². The number of fused-ring (bicyclic) bond motifs is 7. The molecule has 0 fully saturated rings. The first-order chi connectivity index (χ1) is 40.6. The molecule has 0 radical (unpaired) electrons. The topological polar surface area (TPSA) is 11.4 Å². The SMILES string of the molecule is c1ccc(-c2ccc(N(c3ccc(-c4ccccc4)cc3)c3cc(-c4ccc5c(c4)c4c6sc7ccccc7c6ccc4n5-c4ccccc4)cc(N(c4ccc(-c5ccccc5)cc4)c4ccc(-c5ccccc5)cc4)c3)cc2)cc1. The van der Waals surface area contributed by atoms with Gasteiger partial charge in [-0.15, -0.1) is 11.3 Å². The molecule has 2 heterocycles. The Morgan fingerprint density at radius 2 is 0.598 bits per heavy atom. The second-order valence-corrected chi connectivity index (χ2v) is 22.0. The molecule has 0 saturated carbocycles. The Morgan fingerprint density at radius 3 is 1.04 bits per heavy atom. The van der Waals surface area contributed by atoms with Gasteiger partial charge in [0.05, 0.1) is 11.0 Å². The number of hydrogen-bond acceptors (Lipinski definition) is 3. The summed E-state index contributed by atoms with van der Waals surface area (Å²) in [4.78, 5) is 4.85. The van der Waals surface area contributed by atoms with Gasteiger partial charge < -0.3 is 14.4 Å². The van der Waals surface area contributed by atoms with Crippen molar-refractivity contribution in [2.45, 2.75) is 0 Å². The van der Waals surface area contributed by atoms with Gasteiger partial charge in [-0.2, -0.15) is 0 Å². The van der Waals surface area contributed by atoms with Crippen LogP contribution in [0.3, 0.4) is 0 Å². The van der Waals surface area contributed by atoms with Gasteiger partial charge in [-0.05, 0) is 159 Å². The number of nitrogens with zero attached hydrogens (tertiary/aromatic N) is 3. The van der Waals surface area contributed by atoms with E-state index in [2.05, 4.69) is 336 Å². The molecule has 386 valence electrons. The third-order valence-corrected chi connectivity index (χ3v) is 17.2. The fourth-order valence-electron chi connectivity index (χ4n) is 12.0. The molecule has 4 heteroatoms. The van der Waals surface area contributed by atoms with Crippen molar-refractivity contribution in [2.75, 3.05) is 9.80 Å². The van der Waals surface area contributed by atoms with Crippen LogP contribution >= 0.6 is 11.3 Å². The largest absolute Gasteiger partial charge is 0.310 e. The van der Waals surface area contributed by atoms with E-state index in [1.165, 1.54) is 64.2 Å². The van der Waals surface area contributed by atoms with Gasteiger partial charge in [-0.25, -0.2) is 0 Å². The zero-order chi connectivity index (χ0) is 54.3. The molecular formula is C78H53N3S. The van der Waals surface area contributed by atoms with Gasteiger partial charge in [0.15, 0.2) is 0 Å². The number of thiophene rings is 1. The average molecular weight is 1060 g/mol. The summed E-state index contributed by atoms with van der Waals surface area (Å²) in [5, 5.41) is 5.07. The average Bonchev–Trinajstić information content (AvgIpc) is 4.25. The summed E-state index contributed by atoms with van der Waals surface area (Å²) >= 11 is 1.89. The highest BCUT2D eigenvalue weighted by molar-refractivity contribution is 7.26. The molecule has 0 atom stereocenters. The molecule has 0 saturated heterocycles. The maximum absolute atomic E-state index is 2.45. The summed E-state index contributed by atoms with van der Waals surface area (Å²) in [7, 11) is 0. The number of benzene rings is 13. The quantitative estimate of drug-likeness (QED) is 0.121. The van der Waals surface area contributed by atoms with Gasteiger partial charge in [0.1, 0.15) is 0 Å². The molecule has 15 rings (SSSR count). The minimum atomic E-state index is 1.03. The lowest BCUT2D eigenvalue weighted by Gasteiger charge is -2.31. The van der Waals surface area contributed by atoms with E-state index in [1.807, 2.05) is 11.3 Å². The minimum Gasteiger partial charge on any atom is -0.310 e. The van der Waals surface area contributed by atoms with Crippen LogP contribution in [0.1, 0.15) is 0 Å². The lowest BCUT2D eigenvalue weighted by molar-refractivity contribution is 1.18. The molecule has 0 amide bonds. The van der Waals surface area contributed by atoms with Crippen molar-refractivity contribution in [1.29, 1.82) is 0 Å². The number of aromatic nitrogens is 1. The maximum atomic E-state index is 2.45. The van der Waals surface area contributed by atoms with Crippen LogP contribution in [-0.4, -0.2) is 4.57 Å². The van der Waals surface area contributed by atoms with Gasteiger partial charge in [0.2, 0.25) is 0 Å².